The monoisotopic (exact) mass is 528 g/mol. The molecule has 4 heterocycles. The Morgan fingerprint density at radius 1 is 1.06 bits per heavy atom. The summed E-state index contributed by atoms with van der Waals surface area (Å²) in [6.45, 7) is 0. The number of fused-ring (bicyclic) bond motifs is 1. The van der Waals surface area contributed by atoms with Gasteiger partial charge in [-0.3, -0.25) is 9.78 Å². The fraction of sp³-hybridized carbons (Fsp3) is 0.0476. The summed E-state index contributed by atoms with van der Waals surface area (Å²) in [4.78, 5) is 21.2. The van der Waals surface area contributed by atoms with Crippen LogP contribution in [0.4, 0.5) is 18.9 Å². The van der Waals surface area contributed by atoms with Gasteiger partial charge >= 0.3 is 6.18 Å². The summed E-state index contributed by atoms with van der Waals surface area (Å²) in [5, 5.41) is 14.3. The second kappa shape index (κ2) is 8.33. The van der Waals surface area contributed by atoms with Gasteiger partial charge in [0.15, 0.2) is 11.5 Å². The third-order valence-corrected chi connectivity index (χ3v) is 5.44. The van der Waals surface area contributed by atoms with Crippen LogP contribution >= 0.6 is 15.9 Å². The summed E-state index contributed by atoms with van der Waals surface area (Å²) in [6, 6.07) is 9.49. The van der Waals surface area contributed by atoms with Gasteiger partial charge < -0.3 is 5.32 Å². The zero-order valence-electron chi connectivity index (χ0n) is 16.9. The molecule has 34 heavy (non-hydrogen) atoms. The number of halogens is 4. The van der Waals surface area contributed by atoms with Crippen molar-refractivity contribution in [2.75, 3.05) is 5.32 Å². The molecule has 5 rings (SSSR count). The Bertz CT molecular complexity index is 1510. The average molecular weight is 529 g/mol. The summed E-state index contributed by atoms with van der Waals surface area (Å²) in [5.74, 6) is -0.594. The van der Waals surface area contributed by atoms with Crippen molar-refractivity contribution in [3.8, 4) is 11.5 Å². The summed E-state index contributed by atoms with van der Waals surface area (Å²) in [5.41, 5.74) is -1.01. The normalized spacial score (nSPS) is 11.6. The molecular weight excluding hydrogens is 517 g/mol. The Morgan fingerprint density at radius 3 is 2.65 bits per heavy atom. The Kier molecular flexibility index (Phi) is 5.32. The third kappa shape index (κ3) is 3.90. The molecular formula is C21H12BrF3N8O. The summed E-state index contributed by atoms with van der Waals surface area (Å²) in [7, 11) is 0. The summed E-state index contributed by atoms with van der Waals surface area (Å²) in [6.07, 6.45) is 1.90. The maximum absolute atomic E-state index is 14.1. The predicted octanol–water partition coefficient (Wildman–Crippen LogP) is 4.43. The molecule has 0 unspecified atom stereocenters. The first-order valence-electron chi connectivity index (χ1n) is 9.66. The van der Waals surface area contributed by atoms with Crippen LogP contribution < -0.4 is 5.32 Å². The quantitative estimate of drug-likeness (QED) is 0.370. The first-order valence-corrected chi connectivity index (χ1v) is 10.4. The van der Waals surface area contributed by atoms with E-state index in [1.54, 1.807) is 36.7 Å². The molecule has 0 bridgehead atoms. The molecule has 4 aromatic heterocycles. The molecule has 0 aliphatic carbocycles. The zero-order valence-corrected chi connectivity index (χ0v) is 18.5. The van der Waals surface area contributed by atoms with Gasteiger partial charge in [-0.25, -0.2) is 14.3 Å². The number of carbonyl (C=O) groups excluding carboxylic acids is 1. The molecule has 9 nitrogen and oxygen atoms in total. The van der Waals surface area contributed by atoms with Crippen LogP contribution in [-0.4, -0.2) is 40.6 Å². The molecule has 1 N–H and O–H groups in total. The van der Waals surface area contributed by atoms with Gasteiger partial charge in [-0.15, -0.1) is 5.10 Å². The second-order valence-corrected chi connectivity index (χ2v) is 7.85. The van der Waals surface area contributed by atoms with Gasteiger partial charge in [0.05, 0.1) is 51.7 Å². The maximum Gasteiger partial charge on any atom is 0.434 e. The van der Waals surface area contributed by atoms with E-state index in [4.69, 9.17) is 0 Å². The van der Waals surface area contributed by atoms with Gasteiger partial charge in [-0.05, 0) is 46.3 Å². The largest absolute Gasteiger partial charge is 0.434 e. The van der Waals surface area contributed by atoms with Gasteiger partial charge in [0, 0.05) is 11.6 Å². The lowest BCUT2D eigenvalue weighted by molar-refractivity contribution is -0.143. The molecule has 0 aliphatic rings. The zero-order chi connectivity index (χ0) is 23.9. The molecule has 0 aliphatic heterocycles. The fourth-order valence-corrected chi connectivity index (χ4v) is 3.96. The molecule has 0 spiro atoms. The molecule has 0 fully saturated rings. The number of hydrogen-bond donors (Lipinski definition) is 1. The molecule has 13 heteroatoms. The Labute approximate surface area is 197 Å². The average Bonchev–Trinajstić information content (AvgIpc) is 3.49. The maximum atomic E-state index is 14.1. The molecule has 5 aromatic rings. The van der Waals surface area contributed by atoms with E-state index in [1.807, 2.05) is 0 Å². The Hall–Kier alpha value is -4.13. The van der Waals surface area contributed by atoms with Gasteiger partial charge in [0.25, 0.3) is 5.91 Å². The van der Waals surface area contributed by atoms with Crippen LogP contribution in [0.15, 0.2) is 71.9 Å². The SMILES string of the molecule is O=C(Nc1cnc(-n2ccnn2)c(Br)c1)c1cnn(-c2cccc3ncccc23)c1C(F)(F)F. The van der Waals surface area contributed by atoms with Crippen LogP contribution in [0.1, 0.15) is 16.1 Å². The molecule has 0 radical (unpaired) electrons. The minimum Gasteiger partial charge on any atom is -0.320 e. The number of pyridine rings is 2. The summed E-state index contributed by atoms with van der Waals surface area (Å²) >= 11 is 3.31. The van der Waals surface area contributed by atoms with Gasteiger partial charge in [0.1, 0.15) is 0 Å². The van der Waals surface area contributed by atoms with Gasteiger partial charge in [0.2, 0.25) is 0 Å². The number of benzene rings is 1. The lowest BCUT2D eigenvalue weighted by Crippen LogP contribution is -2.21. The number of anilines is 1. The Balaban J connectivity index is 1.53. The van der Waals surface area contributed by atoms with E-state index in [-0.39, 0.29) is 11.4 Å². The number of hydrogen-bond acceptors (Lipinski definition) is 6. The van der Waals surface area contributed by atoms with Crippen molar-refractivity contribution < 1.29 is 18.0 Å². The minimum absolute atomic E-state index is 0.151. The highest BCUT2D eigenvalue weighted by Crippen LogP contribution is 2.35. The fourth-order valence-electron chi connectivity index (χ4n) is 3.43. The predicted molar refractivity (Wildman–Crippen MR) is 119 cm³/mol. The number of nitrogens with zero attached hydrogens (tertiary/aromatic N) is 7. The highest BCUT2D eigenvalue weighted by atomic mass is 79.9. The van der Waals surface area contributed by atoms with E-state index >= 15 is 0 Å². The highest BCUT2D eigenvalue weighted by molar-refractivity contribution is 9.10. The van der Waals surface area contributed by atoms with Gasteiger partial charge in [-0.2, -0.15) is 18.3 Å². The van der Waals surface area contributed by atoms with Crippen molar-refractivity contribution in [1.29, 1.82) is 0 Å². The van der Waals surface area contributed by atoms with E-state index in [2.05, 4.69) is 46.6 Å². The lowest BCUT2D eigenvalue weighted by Gasteiger charge is -2.14. The van der Waals surface area contributed by atoms with Crippen molar-refractivity contribution in [1.82, 2.24) is 34.7 Å². The molecule has 170 valence electrons. The highest BCUT2D eigenvalue weighted by Gasteiger charge is 2.41. The summed E-state index contributed by atoms with van der Waals surface area (Å²) < 4.78 is 44.9. The van der Waals surface area contributed by atoms with E-state index in [1.165, 1.54) is 29.2 Å². The van der Waals surface area contributed by atoms with Crippen molar-refractivity contribution in [2.24, 2.45) is 0 Å². The Morgan fingerprint density at radius 2 is 1.91 bits per heavy atom. The third-order valence-electron chi connectivity index (χ3n) is 4.85. The van der Waals surface area contributed by atoms with Crippen molar-refractivity contribution in [2.45, 2.75) is 6.18 Å². The van der Waals surface area contributed by atoms with Crippen molar-refractivity contribution >= 4 is 38.4 Å². The number of nitrogens with one attached hydrogen (secondary N) is 1. The van der Waals surface area contributed by atoms with Crippen LogP contribution in [0.2, 0.25) is 0 Å². The first kappa shape index (κ1) is 21.7. The lowest BCUT2D eigenvalue weighted by atomic mass is 10.1. The van der Waals surface area contributed by atoms with E-state index in [0.29, 0.717) is 25.9 Å². The van der Waals surface area contributed by atoms with Crippen LogP contribution in [0.5, 0.6) is 0 Å². The number of carbonyl (C=O) groups is 1. The molecule has 1 aromatic carbocycles. The first-order chi connectivity index (χ1) is 16.3. The van der Waals surface area contributed by atoms with Crippen LogP contribution in [-0.2, 0) is 6.18 Å². The number of rotatable bonds is 4. The van der Waals surface area contributed by atoms with Crippen LogP contribution in [0.25, 0.3) is 22.4 Å². The van der Waals surface area contributed by atoms with Crippen molar-refractivity contribution in [3.05, 3.63) is 83.1 Å². The topological polar surface area (TPSA) is 103 Å². The molecule has 0 saturated carbocycles. The second-order valence-electron chi connectivity index (χ2n) is 6.99. The number of amides is 1. The smallest absolute Gasteiger partial charge is 0.320 e. The van der Waals surface area contributed by atoms with E-state index in [9.17, 15) is 18.0 Å². The van der Waals surface area contributed by atoms with Gasteiger partial charge in [-0.1, -0.05) is 11.3 Å². The van der Waals surface area contributed by atoms with Crippen LogP contribution in [0.3, 0.4) is 0 Å². The van der Waals surface area contributed by atoms with E-state index in [0.717, 1.165) is 6.20 Å². The number of alkyl halides is 3. The number of aromatic nitrogens is 7. The minimum atomic E-state index is -4.86. The van der Waals surface area contributed by atoms with Crippen LogP contribution in [0, 0.1) is 0 Å². The standard InChI is InChI=1S/C21H12BrF3N8O/c22-15-9-12(10-27-19(15)32-8-7-28-31-32)30-20(34)14-11-29-33(18(14)21(23,24)25)17-5-1-4-16-13(17)3-2-6-26-16/h1-11H,(H,30,34). The van der Waals surface area contributed by atoms with E-state index < -0.39 is 23.3 Å². The molecule has 0 atom stereocenters. The molecule has 1 amide bonds. The molecule has 0 saturated heterocycles. The van der Waals surface area contributed by atoms with Crippen molar-refractivity contribution in [3.63, 3.8) is 0 Å².